The lowest BCUT2D eigenvalue weighted by Gasteiger charge is -2.27. The van der Waals surface area contributed by atoms with Gasteiger partial charge in [-0.2, -0.15) is 0 Å². The Kier molecular flexibility index (Phi) is 5.30. The van der Waals surface area contributed by atoms with Crippen LogP contribution in [0.4, 0.5) is 0 Å². The maximum Gasteiger partial charge on any atom is 0.226 e. The summed E-state index contributed by atoms with van der Waals surface area (Å²) in [7, 11) is 1.79. The topological polar surface area (TPSA) is 61.9 Å². The van der Waals surface area contributed by atoms with Crippen LogP contribution in [0, 0.1) is 5.92 Å². The van der Waals surface area contributed by atoms with Gasteiger partial charge in [0.05, 0.1) is 25.2 Å². The third kappa shape index (κ3) is 3.73. The Morgan fingerprint density at radius 3 is 2.91 bits per heavy atom. The van der Waals surface area contributed by atoms with Crippen molar-refractivity contribution in [2.75, 3.05) is 46.4 Å². The second kappa shape index (κ2) is 7.42. The van der Waals surface area contributed by atoms with Gasteiger partial charge < -0.3 is 15.0 Å². The normalized spacial score (nSPS) is 25.8. The molecule has 2 fully saturated rings. The molecule has 3 rings (SSSR count). The molecule has 1 aromatic rings. The van der Waals surface area contributed by atoms with Crippen LogP contribution in [-0.2, 0) is 14.3 Å². The summed E-state index contributed by atoms with van der Waals surface area (Å²) in [5.74, 6) is -0.276. The zero-order valence-corrected chi connectivity index (χ0v) is 14.2. The predicted octanol–water partition coefficient (Wildman–Crippen LogP) is 0.716. The summed E-state index contributed by atoms with van der Waals surface area (Å²) in [6.07, 6.45) is 0.294. The molecular formula is C16H23N3O3S. The minimum Gasteiger partial charge on any atom is -0.379 e. The Morgan fingerprint density at radius 1 is 1.43 bits per heavy atom. The van der Waals surface area contributed by atoms with Crippen molar-refractivity contribution in [2.24, 2.45) is 5.92 Å². The minimum absolute atomic E-state index is 0.0191. The van der Waals surface area contributed by atoms with Crippen LogP contribution >= 0.6 is 11.3 Å². The summed E-state index contributed by atoms with van der Waals surface area (Å²) in [6.45, 7) is 4.79. The second-order valence-electron chi connectivity index (χ2n) is 6.02. The van der Waals surface area contributed by atoms with Gasteiger partial charge in [0.25, 0.3) is 0 Å². The van der Waals surface area contributed by atoms with E-state index in [1.807, 2.05) is 17.5 Å². The molecule has 0 bridgehead atoms. The molecule has 23 heavy (non-hydrogen) atoms. The van der Waals surface area contributed by atoms with Gasteiger partial charge in [-0.1, -0.05) is 6.07 Å². The van der Waals surface area contributed by atoms with E-state index in [2.05, 4.69) is 10.2 Å². The molecule has 0 aromatic carbocycles. The van der Waals surface area contributed by atoms with Gasteiger partial charge in [0.1, 0.15) is 0 Å². The smallest absolute Gasteiger partial charge is 0.226 e. The SMILES string of the molecule is CN1C(=O)C[C@@H](C(=O)NCCN2CCOCC2)[C@@H]1c1cccs1. The van der Waals surface area contributed by atoms with E-state index >= 15 is 0 Å². The number of morpholine rings is 1. The predicted molar refractivity (Wildman–Crippen MR) is 88.2 cm³/mol. The van der Waals surface area contributed by atoms with Crippen LogP contribution in [0.1, 0.15) is 17.3 Å². The summed E-state index contributed by atoms with van der Waals surface area (Å²) in [4.78, 5) is 29.7. The number of carbonyl (C=O) groups excluding carboxylic acids is 2. The quantitative estimate of drug-likeness (QED) is 0.860. The maximum absolute atomic E-state index is 12.6. The molecule has 2 aliphatic rings. The molecule has 0 spiro atoms. The highest BCUT2D eigenvalue weighted by atomic mass is 32.1. The first-order chi connectivity index (χ1) is 11.2. The Labute approximate surface area is 140 Å². The first-order valence-electron chi connectivity index (χ1n) is 8.03. The average molecular weight is 337 g/mol. The maximum atomic E-state index is 12.6. The molecule has 2 amide bonds. The fourth-order valence-electron chi connectivity index (χ4n) is 3.25. The average Bonchev–Trinajstić information content (AvgIpc) is 3.17. The highest BCUT2D eigenvalue weighted by Gasteiger charge is 2.43. The molecule has 2 atom stereocenters. The van der Waals surface area contributed by atoms with Gasteiger partial charge in [-0.25, -0.2) is 0 Å². The van der Waals surface area contributed by atoms with Crippen molar-refractivity contribution >= 4 is 23.2 Å². The van der Waals surface area contributed by atoms with E-state index in [4.69, 9.17) is 4.74 Å². The van der Waals surface area contributed by atoms with Gasteiger partial charge in [0.15, 0.2) is 0 Å². The Balaban J connectivity index is 1.56. The Hall–Kier alpha value is -1.44. The summed E-state index contributed by atoms with van der Waals surface area (Å²) in [5, 5.41) is 4.99. The van der Waals surface area contributed by atoms with E-state index in [-0.39, 0.29) is 23.8 Å². The summed E-state index contributed by atoms with van der Waals surface area (Å²) < 4.78 is 5.32. The molecule has 0 saturated carbocycles. The van der Waals surface area contributed by atoms with Gasteiger partial charge in [-0.15, -0.1) is 11.3 Å². The Bertz CT molecular complexity index is 543. The van der Waals surface area contributed by atoms with Crippen LogP contribution in [0.15, 0.2) is 17.5 Å². The van der Waals surface area contributed by atoms with E-state index in [1.54, 1.807) is 23.3 Å². The Morgan fingerprint density at radius 2 is 2.22 bits per heavy atom. The second-order valence-corrected chi connectivity index (χ2v) is 7.00. The number of nitrogens with one attached hydrogen (secondary N) is 1. The zero-order chi connectivity index (χ0) is 16.2. The van der Waals surface area contributed by atoms with E-state index in [9.17, 15) is 9.59 Å². The lowest BCUT2D eigenvalue weighted by atomic mass is 9.98. The van der Waals surface area contributed by atoms with E-state index in [0.717, 1.165) is 37.7 Å². The lowest BCUT2D eigenvalue weighted by molar-refractivity contribution is -0.128. The fraction of sp³-hybridized carbons (Fsp3) is 0.625. The summed E-state index contributed by atoms with van der Waals surface area (Å²) >= 11 is 1.60. The van der Waals surface area contributed by atoms with Crippen LogP contribution in [0.3, 0.4) is 0 Å². The molecule has 1 N–H and O–H groups in total. The van der Waals surface area contributed by atoms with Crippen LogP contribution in [0.2, 0.25) is 0 Å². The van der Waals surface area contributed by atoms with Crippen LogP contribution in [0.5, 0.6) is 0 Å². The standard InChI is InChI=1S/C16H23N3O3S/c1-18-14(20)11-12(15(18)13-3-2-10-23-13)16(21)17-4-5-19-6-8-22-9-7-19/h2-3,10,12,15H,4-9,11H2,1H3,(H,17,21)/t12-,15-/m1/s1. The number of hydrogen-bond acceptors (Lipinski definition) is 5. The van der Waals surface area contributed by atoms with Gasteiger partial charge in [0, 0.05) is 44.5 Å². The summed E-state index contributed by atoms with van der Waals surface area (Å²) in [5.41, 5.74) is 0. The van der Waals surface area contributed by atoms with Crippen molar-refractivity contribution in [1.82, 2.24) is 15.1 Å². The first kappa shape index (κ1) is 16.4. The van der Waals surface area contributed by atoms with Crippen LogP contribution in [-0.4, -0.2) is 68.1 Å². The van der Waals surface area contributed by atoms with Crippen molar-refractivity contribution in [3.05, 3.63) is 22.4 Å². The fourth-order valence-corrected chi connectivity index (χ4v) is 4.18. The van der Waals surface area contributed by atoms with Crippen molar-refractivity contribution in [1.29, 1.82) is 0 Å². The molecule has 126 valence electrons. The number of amides is 2. The minimum atomic E-state index is -0.296. The number of thiophene rings is 1. The molecule has 7 heteroatoms. The first-order valence-corrected chi connectivity index (χ1v) is 8.91. The van der Waals surface area contributed by atoms with Crippen molar-refractivity contribution in [3.8, 4) is 0 Å². The molecule has 0 aliphatic carbocycles. The van der Waals surface area contributed by atoms with Crippen molar-refractivity contribution < 1.29 is 14.3 Å². The monoisotopic (exact) mass is 337 g/mol. The molecule has 6 nitrogen and oxygen atoms in total. The van der Waals surface area contributed by atoms with Crippen molar-refractivity contribution in [3.63, 3.8) is 0 Å². The van der Waals surface area contributed by atoms with E-state index in [1.165, 1.54) is 0 Å². The molecule has 1 aromatic heterocycles. The highest BCUT2D eigenvalue weighted by Crippen LogP contribution is 2.38. The molecule has 0 radical (unpaired) electrons. The number of likely N-dealkylation sites (tertiary alicyclic amines) is 1. The van der Waals surface area contributed by atoms with Gasteiger partial charge in [-0.3, -0.25) is 14.5 Å². The number of rotatable bonds is 5. The molecule has 2 aliphatic heterocycles. The summed E-state index contributed by atoms with van der Waals surface area (Å²) in [6, 6.07) is 3.83. The van der Waals surface area contributed by atoms with Crippen LogP contribution < -0.4 is 5.32 Å². The van der Waals surface area contributed by atoms with Gasteiger partial charge >= 0.3 is 0 Å². The van der Waals surface area contributed by atoms with Gasteiger partial charge in [0.2, 0.25) is 11.8 Å². The highest BCUT2D eigenvalue weighted by molar-refractivity contribution is 7.10. The third-order valence-electron chi connectivity index (χ3n) is 4.59. The lowest BCUT2D eigenvalue weighted by Crippen LogP contribution is -2.43. The zero-order valence-electron chi connectivity index (χ0n) is 13.4. The number of hydrogen-bond donors (Lipinski definition) is 1. The number of carbonyl (C=O) groups is 2. The van der Waals surface area contributed by atoms with Crippen LogP contribution in [0.25, 0.3) is 0 Å². The third-order valence-corrected chi connectivity index (χ3v) is 5.53. The number of nitrogens with zero attached hydrogens (tertiary/aromatic N) is 2. The molecule has 2 saturated heterocycles. The largest absolute Gasteiger partial charge is 0.379 e. The van der Waals surface area contributed by atoms with E-state index in [0.29, 0.717) is 13.0 Å². The van der Waals surface area contributed by atoms with E-state index < -0.39 is 0 Å². The van der Waals surface area contributed by atoms with Crippen molar-refractivity contribution in [2.45, 2.75) is 12.5 Å². The number of ether oxygens (including phenoxy) is 1. The molecule has 0 unspecified atom stereocenters. The molecule has 3 heterocycles. The molecular weight excluding hydrogens is 314 g/mol. The van der Waals surface area contributed by atoms with Gasteiger partial charge in [-0.05, 0) is 11.4 Å².